The Morgan fingerprint density at radius 3 is 2.86 bits per heavy atom. The number of hydrogen-bond acceptors (Lipinski definition) is 4. The Morgan fingerprint density at radius 1 is 1.29 bits per heavy atom. The fourth-order valence-corrected chi connectivity index (χ4v) is 3.03. The van der Waals surface area contributed by atoms with Gasteiger partial charge in [0.1, 0.15) is 5.82 Å². The molecule has 0 saturated heterocycles. The summed E-state index contributed by atoms with van der Waals surface area (Å²) >= 11 is 0. The number of imidazole rings is 1. The summed E-state index contributed by atoms with van der Waals surface area (Å²) in [6, 6.07) is 7.19. The number of fused-ring (bicyclic) bond motifs is 1. The molecule has 3 rings (SSSR count). The van der Waals surface area contributed by atoms with Crippen molar-refractivity contribution in [3.8, 4) is 0 Å². The van der Waals surface area contributed by atoms with Gasteiger partial charge in [-0.2, -0.15) is 8.42 Å². The van der Waals surface area contributed by atoms with Crippen molar-refractivity contribution < 1.29 is 12.8 Å². The van der Waals surface area contributed by atoms with Gasteiger partial charge >= 0.3 is 0 Å². The Bertz CT molecular complexity index is 921. The highest BCUT2D eigenvalue weighted by Crippen LogP contribution is 2.20. The van der Waals surface area contributed by atoms with Crippen molar-refractivity contribution in [1.29, 1.82) is 0 Å². The van der Waals surface area contributed by atoms with Crippen molar-refractivity contribution in [2.24, 2.45) is 0 Å². The van der Waals surface area contributed by atoms with E-state index in [1.807, 2.05) is 0 Å². The van der Waals surface area contributed by atoms with Crippen molar-refractivity contribution in [2.45, 2.75) is 11.9 Å². The average molecular weight is 306 g/mol. The maximum absolute atomic E-state index is 13.5. The molecule has 2 N–H and O–H groups in total. The lowest BCUT2D eigenvalue weighted by atomic mass is 10.3. The van der Waals surface area contributed by atoms with Gasteiger partial charge in [-0.15, -0.1) is 0 Å². The molecule has 0 unspecified atom stereocenters. The van der Waals surface area contributed by atoms with E-state index in [-0.39, 0.29) is 0 Å². The number of hydrogen-bond donors (Lipinski definition) is 2. The molecule has 6 nitrogen and oxygen atoms in total. The van der Waals surface area contributed by atoms with Crippen LogP contribution in [-0.4, -0.2) is 23.4 Å². The van der Waals surface area contributed by atoms with E-state index in [4.69, 9.17) is 0 Å². The van der Waals surface area contributed by atoms with Gasteiger partial charge in [0.05, 0.1) is 16.7 Å². The van der Waals surface area contributed by atoms with Crippen molar-refractivity contribution in [2.75, 3.05) is 4.72 Å². The minimum absolute atomic E-state index is 0.302. The Morgan fingerprint density at radius 2 is 2.10 bits per heavy atom. The zero-order valence-electron chi connectivity index (χ0n) is 11.0. The number of pyridine rings is 1. The predicted molar refractivity (Wildman–Crippen MR) is 75.8 cm³/mol. The summed E-state index contributed by atoms with van der Waals surface area (Å²) in [5, 5.41) is -0.633. The number of rotatable bonds is 3. The third-order valence-corrected chi connectivity index (χ3v) is 4.15. The number of anilines is 1. The molecule has 2 heterocycles. The summed E-state index contributed by atoms with van der Waals surface area (Å²) in [7, 11) is -4.08. The third kappa shape index (κ3) is 2.57. The van der Waals surface area contributed by atoms with Gasteiger partial charge in [-0.25, -0.2) is 14.4 Å². The molecule has 21 heavy (non-hydrogen) atoms. The topological polar surface area (TPSA) is 87.7 Å². The molecule has 0 radical (unpaired) electrons. The molecule has 108 valence electrons. The number of aromatic amines is 1. The van der Waals surface area contributed by atoms with Crippen molar-refractivity contribution in [1.82, 2.24) is 15.0 Å². The maximum atomic E-state index is 13.5. The Kier molecular flexibility index (Phi) is 3.09. The summed E-state index contributed by atoms with van der Waals surface area (Å²) in [6.07, 6.45) is 1.22. The Balaban J connectivity index is 1.99. The minimum Gasteiger partial charge on any atom is -0.342 e. The molecule has 0 bridgehead atoms. The molecule has 0 spiro atoms. The van der Waals surface area contributed by atoms with Crippen LogP contribution in [0.1, 0.15) is 5.82 Å². The van der Waals surface area contributed by atoms with Crippen LogP contribution in [0, 0.1) is 12.7 Å². The van der Waals surface area contributed by atoms with Gasteiger partial charge < -0.3 is 4.98 Å². The molecular weight excluding hydrogens is 295 g/mol. The van der Waals surface area contributed by atoms with Crippen LogP contribution in [-0.2, 0) is 10.0 Å². The van der Waals surface area contributed by atoms with E-state index in [0.717, 1.165) is 17.4 Å². The monoisotopic (exact) mass is 306 g/mol. The molecule has 8 heteroatoms. The molecule has 0 aliphatic heterocycles. The van der Waals surface area contributed by atoms with Crippen LogP contribution in [0.15, 0.2) is 41.6 Å². The van der Waals surface area contributed by atoms with E-state index >= 15 is 0 Å². The van der Waals surface area contributed by atoms with Crippen molar-refractivity contribution >= 4 is 26.7 Å². The molecule has 0 aliphatic carbocycles. The van der Waals surface area contributed by atoms with Crippen LogP contribution in [0.2, 0.25) is 0 Å². The number of nitrogens with one attached hydrogen (secondary N) is 2. The largest absolute Gasteiger partial charge is 0.342 e. The van der Waals surface area contributed by atoms with Gasteiger partial charge in [0.25, 0.3) is 10.0 Å². The van der Waals surface area contributed by atoms with Gasteiger partial charge in [0.15, 0.2) is 5.82 Å². The first kappa shape index (κ1) is 13.5. The first-order valence-corrected chi connectivity index (χ1v) is 7.54. The molecule has 0 atom stereocenters. The van der Waals surface area contributed by atoms with Crippen LogP contribution in [0.4, 0.5) is 10.1 Å². The van der Waals surface area contributed by atoms with Gasteiger partial charge in [-0.1, -0.05) is 0 Å². The number of halogens is 1. The van der Waals surface area contributed by atoms with E-state index in [9.17, 15) is 12.8 Å². The van der Waals surface area contributed by atoms with Crippen molar-refractivity contribution in [3.05, 3.63) is 48.2 Å². The maximum Gasteiger partial charge on any atom is 0.282 e. The molecule has 1 aromatic carbocycles. The minimum atomic E-state index is -4.08. The molecule has 0 amide bonds. The smallest absolute Gasteiger partial charge is 0.282 e. The van der Waals surface area contributed by atoms with Crippen LogP contribution in [0.25, 0.3) is 11.0 Å². The number of nitrogens with zero attached hydrogens (tertiary/aromatic N) is 2. The SMILES string of the molecule is Cc1nc2ccc(NS(=O)(=O)c3ncccc3F)cc2[nH]1. The summed E-state index contributed by atoms with van der Waals surface area (Å²) in [5.74, 6) is -0.177. The highest BCUT2D eigenvalue weighted by atomic mass is 32.2. The lowest BCUT2D eigenvalue weighted by Crippen LogP contribution is -2.16. The Labute approximate surface area is 120 Å². The summed E-state index contributed by atoms with van der Waals surface area (Å²) < 4.78 is 40.1. The highest BCUT2D eigenvalue weighted by Gasteiger charge is 2.20. The number of sulfonamides is 1. The average Bonchev–Trinajstić information content (AvgIpc) is 2.78. The van der Waals surface area contributed by atoms with Gasteiger partial charge in [0, 0.05) is 6.20 Å². The summed E-state index contributed by atoms with van der Waals surface area (Å²) in [5.41, 5.74) is 1.71. The van der Waals surface area contributed by atoms with Gasteiger partial charge in [-0.05, 0) is 37.3 Å². The first-order chi connectivity index (χ1) is 9.95. The molecule has 2 aromatic heterocycles. The number of aromatic nitrogens is 3. The molecule has 0 fully saturated rings. The standard InChI is InChI=1S/C13H11FN4O2S/c1-8-16-11-5-4-9(7-12(11)17-8)18-21(19,20)13-10(14)3-2-6-15-13/h2-7,18H,1H3,(H,16,17). The fourth-order valence-electron chi connectivity index (χ4n) is 1.97. The number of aryl methyl sites for hydroxylation is 1. The fraction of sp³-hybridized carbons (Fsp3) is 0.0769. The highest BCUT2D eigenvalue weighted by molar-refractivity contribution is 7.92. The quantitative estimate of drug-likeness (QED) is 0.776. The second-order valence-corrected chi connectivity index (χ2v) is 6.05. The predicted octanol–water partition coefficient (Wildman–Crippen LogP) is 2.21. The zero-order valence-corrected chi connectivity index (χ0v) is 11.8. The van der Waals surface area contributed by atoms with E-state index in [1.165, 1.54) is 12.3 Å². The van der Waals surface area contributed by atoms with Crippen LogP contribution < -0.4 is 4.72 Å². The molecule has 0 saturated carbocycles. The lowest BCUT2D eigenvalue weighted by Gasteiger charge is -2.07. The Hall–Kier alpha value is -2.48. The van der Waals surface area contributed by atoms with Crippen LogP contribution in [0.3, 0.4) is 0 Å². The number of H-pyrrole nitrogens is 1. The van der Waals surface area contributed by atoms with E-state index in [2.05, 4.69) is 19.7 Å². The number of benzene rings is 1. The summed E-state index contributed by atoms with van der Waals surface area (Å²) in [6.45, 7) is 1.80. The zero-order chi connectivity index (χ0) is 15.0. The summed E-state index contributed by atoms with van der Waals surface area (Å²) in [4.78, 5) is 10.8. The first-order valence-electron chi connectivity index (χ1n) is 6.05. The molecule has 3 aromatic rings. The van der Waals surface area contributed by atoms with E-state index in [0.29, 0.717) is 11.2 Å². The second-order valence-electron chi connectivity index (χ2n) is 4.45. The molecular formula is C13H11FN4O2S. The third-order valence-electron chi connectivity index (χ3n) is 2.83. The van der Waals surface area contributed by atoms with Crippen LogP contribution in [0.5, 0.6) is 0 Å². The van der Waals surface area contributed by atoms with E-state index in [1.54, 1.807) is 25.1 Å². The normalized spacial score (nSPS) is 11.7. The van der Waals surface area contributed by atoms with Gasteiger partial charge in [-0.3, -0.25) is 4.72 Å². The second kappa shape index (κ2) is 4.81. The van der Waals surface area contributed by atoms with Crippen LogP contribution >= 0.6 is 0 Å². The lowest BCUT2D eigenvalue weighted by molar-refractivity contribution is 0.557. The van der Waals surface area contributed by atoms with Crippen molar-refractivity contribution in [3.63, 3.8) is 0 Å². The van der Waals surface area contributed by atoms with Gasteiger partial charge in [0.2, 0.25) is 5.03 Å². The van der Waals surface area contributed by atoms with E-state index < -0.39 is 20.9 Å². The molecule has 0 aliphatic rings.